The highest BCUT2D eigenvalue weighted by Gasteiger charge is 2.07. The predicted molar refractivity (Wildman–Crippen MR) is 54.6 cm³/mol. The largest absolute Gasteiger partial charge is 0.472 e. The van der Waals surface area contributed by atoms with Crippen molar-refractivity contribution in [2.45, 2.75) is 13.5 Å². The second kappa shape index (κ2) is 4.00. The van der Waals surface area contributed by atoms with Gasteiger partial charge in [-0.15, -0.1) is 0 Å². The molecule has 0 aliphatic rings. The molecule has 5 heteroatoms. The van der Waals surface area contributed by atoms with E-state index in [1.165, 1.54) is 12.5 Å². The van der Waals surface area contributed by atoms with Crippen LogP contribution in [0.5, 0.6) is 0 Å². The molecule has 2 rings (SSSR count). The lowest BCUT2D eigenvalue weighted by atomic mass is 10.3. The summed E-state index contributed by atoms with van der Waals surface area (Å²) in [6.07, 6.45) is 6.25. The quantitative estimate of drug-likeness (QED) is 0.830. The lowest BCUT2D eigenvalue weighted by Crippen LogP contribution is -2.10. The first-order valence-electron chi connectivity index (χ1n) is 4.65. The van der Waals surface area contributed by atoms with Crippen LogP contribution < -0.4 is 5.32 Å². The molecule has 0 aliphatic heterocycles. The van der Waals surface area contributed by atoms with E-state index in [1.807, 2.05) is 6.92 Å². The molecule has 0 radical (unpaired) electrons. The predicted octanol–water partition coefficient (Wildman–Crippen LogP) is 1.75. The molecule has 1 amide bonds. The van der Waals surface area contributed by atoms with E-state index in [0.717, 1.165) is 6.54 Å². The maximum Gasteiger partial charge on any atom is 0.259 e. The van der Waals surface area contributed by atoms with E-state index in [9.17, 15) is 4.79 Å². The first-order chi connectivity index (χ1) is 7.29. The molecule has 0 aromatic carbocycles. The number of hydrogen-bond donors (Lipinski definition) is 1. The topological polar surface area (TPSA) is 60.1 Å². The Balaban J connectivity index is 2.06. The molecule has 5 nitrogen and oxygen atoms in total. The zero-order valence-corrected chi connectivity index (χ0v) is 8.30. The third-order valence-corrected chi connectivity index (χ3v) is 2.00. The molecule has 0 fully saturated rings. The van der Waals surface area contributed by atoms with Gasteiger partial charge in [-0.25, -0.2) is 0 Å². The molecule has 1 N–H and O–H groups in total. The number of aromatic nitrogens is 2. The van der Waals surface area contributed by atoms with Crippen molar-refractivity contribution in [3.8, 4) is 0 Å². The van der Waals surface area contributed by atoms with Crippen molar-refractivity contribution in [3.05, 3.63) is 36.5 Å². The summed E-state index contributed by atoms with van der Waals surface area (Å²) in [4.78, 5) is 11.6. The van der Waals surface area contributed by atoms with Crippen LogP contribution in [0.25, 0.3) is 0 Å². The average molecular weight is 205 g/mol. The number of furan rings is 1. The van der Waals surface area contributed by atoms with Crippen LogP contribution in [0.1, 0.15) is 17.3 Å². The fourth-order valence-corrected chi connectivity index (χ4v) is 1.20. The monoisotopic (exact) mass is 205 g/mol. The smallest absolute Gasteiger partial charge is 0.259 e. The van der Waals surface area contributed by atoms with Gasteiger partial charge in [-0.2, -0.15) is 5.10 Å². The van der Waals surface area contributed by atoms with Crippen molar-refractivity contribution < 1.29 is 9.21 Å². The van der Waals surface area contributed by atoms with Crippen LogP contribution in [-0.2, 0) is 6.54 Å². The fraction of sp³-hybridized carbons (Fsp3) is 0.200. The molecule has 2 aromatic rings. The van der Waals surface area contributed by atoms with Crippen molar-refractivity contribution >= 4 is 11.6 Å². The summed E-state index contributed by atoms with van der Waals surface area (Å²) in [6.45, 7) is 2.76. The average Bonchev–Trinajstić information content (AvgIpc) is 2.87. The van der Waals surface area contributed by atoms with Crippen LogP contribution in [0.15, 0.2) is 35.4 Å². The lowest BCUT2D eigenvalue weighted by molar-refractivity contribution is 0.102. The number of amides is 1. The van der Waals surface area contributed by atoms with Crippen molar-refractivity contribution in [2.75, 3.05) is 5.32 Å². The number of rotatable bonds is 3. The van der Waals surface area contributed by atoms with Crippen molar-refractivity contribution in [3.63, 3.8) is 0 Å². The third kappa shape index (κ3) is 2.07. The van der Waals surface area contributed by atoms with Gasteiger partial charge in [0, 0.05) is 12.7 Å². The number of nitrogens with zero attached hydrogens (tertiary/aromatic N) is 2. The maximum atomic E-state index is 11.6. The standard InChI is InChI=1S/C10H11N3O2/c1-2-13-6-9(5-11-13)12-10(14)8-3-4-15-7-8/h3-7H,2H2,1H3,(H,12,14). The van der Waals surface area contributed by atoms with Crippen molar-refractivity contribution in [1.82, 2.24) is 9.78 Å². The number of anilines is 1. The summed E-state index contributed by atoms with van der Waals surface area (Å²) in [5.41, 5.74) is 1.18. The van der Waals surface area contributed by atoms with E-state index in [-0.39, 0.29) is 5.91 Å². The van der Waals surface area contributed by atoms with Gasteiger partial charge in [-0.1, -0.05) is 0 Å². The van der Waals surface area contributed by atoms with E-state index in [0.29, 0.717) is 11.3 Å². The van der Waals surface area contributed by atoms with E-state index in [2.05, 4.69) is 10.4 Å². The zero-order chi connectivity index (χ0) is 10.7. The summed E-state index contributed by atoms with van der Waals surface area (Å²) in [5, 5.41) is 6.76. The number of hydrogen-bond acceptors (Lipinski definition) is 3. The molecule has 0 aliphatic carbocycles. The van der Waals surface area contributed by atoms with Crippen LogP contribution in [0.4, 0.5) is 5.69 Å². The van der Waals surface area contributed by atoms with E-state index in [1.54, 1.807) is 23.1 Å². The minimum absolute atomic E-state index is 0.195. The highest BCUT2D eigenvalue weighted by molar-refractivity contribution is 6.03. The Bertz CT molecular complexity index is 445. The second-order valence-corrected chi connectivity index (χ2v) is 3.05. The Labute approximate surface area is 86.7 Å². The van der Waals surface area contributed by atoms with Gasteiger partial charge in [0.25, 0.3) is 5.91 Å². The number of carbonyl (C=O) groups excluding carboxylic acids is 1. The van der Waals surface area contributed by atoms with E-state index < -0.39 is 0 Å². The Morgan fingerprint density at radius 2 is 2.53 bits per heavy atom. The molecule has 0 unspecified atom stereocenters. The molecule has 0 bridgehead atoms. The van der Waals surface area contributed by atoms with Crippen LogP contribution in [0.3, 0.4) is 0 Å². The fourth-order valence-electron chi connectivity index (χ4n) is 1.20. The van der Waals surface area contributed by atoms with Gasteiger partial charge < -0.3 is 9.73 Å². The number of aryl methyl sites for hydroxylation is 1. The van der Waals surface area contributed by atoms with Crippen molar-refractivity contribution in [2.24, 2.45) is 0 Å². The Morgan fingerprint density at radius 3 is 3.13 bits per heavy atom. The van der Waals surface area contributed by atoms with Crippen LogP contribution in [-0.4, -0.2) is 15.7 Å². The van der Waals surface area contributed by atoms with Gasteiger partial charge in [0.15, 0.2) is 0 Å². The van der Waals surface area contributed by atoms with E-state index in [4.69, 9.17) is 4.42 Å². The molecule has 0 saturated carbocycles. The Hall–Kier alpha value is -2.04. The molecule has 0 spiro atoms. The Morgan fingerprint density at radius 1 is 1.67 bits per heavy atom. The first kappa shape index (κ1) is 9.51. The van der Waals surface area contributed by atoms with Gasteiger partial charge in [0.1, 0.15) is 6.26 Å². The Kier molecular flexibility index (Phi) is 2.53. The van der Waals surface area contributed by atoms with Crippen LogP contribution in [0, 0.1) is 0 Å². The molecule has 2 aromatic heterocycles. The molecule has 0 saturated heterocycles. The second-order valence-electron chi connectivity index (χ2n) is 3.05. The SMILES string of the molecule is CCn1cc(NC(=O)c2ccoc2)cn1. The van der Waals surface area contributed by atoms with Gasteiger partial charge >= 0.3 is 0 Å². The van der Waals surface area contributed by atoms with Gasteiger partial charge in [-0.05, 0) is 13.0 Å². The molecule has 78 valence electrons. The van der Waals surface area contributed by atoms with Gasteiger partial charge in [0.05, 0.1) is 23.7 Å². The highest BCUT2D eigenvalue weighted by Crippen LogP contribution is 2.08. The number of nitrogens with one attached hydrogen (secondary N) is 1. The molecule has 0 atom stereocenters. The molecule has 2 heterocycles. The molecular formula is C10H11N3O2. The van der Waals surface area contributed by atoms with Crippen LogP contribution >= 0.6 is 0 Å². The summed E-state index contributed by atoms with van der Waals surface area (Å²) in [6, 6.07) is 1.61. The lowest BCUT2D eigenvalue weighted by Gasteiger charge is -1.98. The summed E-state index contributed by atoms with van der Waals surface area (Å²) >= 11 is 0. The minimum atomic E-state index is -0.195. The van der Waals surface area contributed by atoms with Gasteiger partial charge in [-0.3, -0.25) is 9.48 Å². The van der Waals surface area contributed by atoms with Crippen molar-refractivity contribution in [1.29, 1.82) is 0 Å². The third-order valence-electron chi connectivity index (χ3n) is 2.00. The highest BCUT2D eigenvalue weighted by atomic mass is 16.3. The molecular weight excluding hydrogens is 194 g/mol. The summed E-state index contributed by atoms with van der Waals surface area (Å²) < 4.78 is 6.56. The first-order valence-corrected chi connectivity index (χ1v) is 4.65. The summed E-state index contributed by atoms with van der Waals surface area (Å²) in [7, 11) is 0. The normalized spacial score (nSPS) is 10.2. The van der Waals surface area contributed by atoms with Crippen LogP contribution in [0.2, 0.25) is 0 Å². The minimum Gasteiger partial charge on any atom is -0.472 e. The van der Waals surface area contributed by atoms with Gasteiger partial charge in [0.2, 0.25) is 0 Å². The zero-order valence-electron chi connectivity index (χ0n) is 8.30. The molecule has 15 heavy (non-hydrogen) atoms. The number of carbonyl (C=O) groups is 1. The summed E-state index contributed by atoms with van der Waals surface area (Å²) in [5.74, 6) is -0.195. The maximum absolute atomic E-state index is 11.6. The van der Waals surface area contributed by atoms with E-state index >= 15 is 0 Å².